The van der Waals surface area contributed by atoms with Crippen molar-refractivity contribution in [3.63, 3.8) is 0 Å². The van der Waals surface area contributed by atoms with Gasteiger partial charge in [0, 0.05) is 32.4 Å². The van der Waals surface area contributed by atoms with Crippen molar-refractivity contribution >= 4 is 5.91 Å². The highest BCUT2D eigenvalue weighted by Crippen LogP contribution is 2.10. The molecule has 0 spiro atoms. The molecule has 0 N–H and O–H groups in total. The number of unbranched alkanes of at least 4 members (excludes halogenated alkanes) is 1. The van der Waals surface area contributed by atoms with Gasteiger partial charge in [-0.3, -0.25) is 4.79 Å². The quantitative estimate of drug-likeness (QED) is 0.689. The molecule has 6 heteroatoms. The molecule has 1 aliphatic rings. The van der Waals surface area contributed by atoms with E-state index in [2.05, 4.69) is 34.5 Å². The average molecular weight is 343 g/mol. The standard InChI is InChI=1S/C19H25N3O3/c23-19(22-12-14-24-15-13-22)11-10-18-21-20-17(25-18)9-5-4-8-16-6-2-1-3-7-16/h1-3,6-7H,4-5,8-15H2. The zero-order chi connectivity index (χ0) is 17.3. The SMILES string of the molecule is O=C(CCc1nnc(CCCCc2ccccc2)o1)N1CCOCC1. The number of hydrogen-bond donors (Lipinski definition) is 0. The highest BCUT2D eigenvalue weighted by atomic mass is 16.5. The predicted octanol–water partition coefficient (Wildman–Crippen LogP) is 2.43. The number of morpholine rings is 1. The van der Waals surface area contributed by atoms with Crippen LogP contribution in [-0.4, -0.2) is 47.3 Å². The van der Waals surface area contributed by atoms with Gasteiger partial charge in [-0.2, -0.15) is 0 Å². The third-order valence-corrected chi connectivity index (χ3v) is 4.37. The fourth-order valence-electron chi connectivity index (χ4n) is 2.93. The lowest BCUT2D eigenvalue weighted by Crippen LogP contribution is -2.40. The molecular weight excluding hydrogens is 318 g/mol. The summed E-state index contributed by atoms with van der Waals surface area (Å²) in [5, 5.41) is 8.15. The van der Waals surface area contributed by atoms with Crippen LogP contribution in [0.4, 0.5) is 0 Å². The Morgan fingerprint density at radius 3 is 2.40 bits per heavy atom. The molecule has 1 aliphatic heterocycles. The summed E-state index contributed by atoms with van der Waals surface area (Å²) in [7, 11) is 0. The van der Waals surface area contributed by atoms with Gasteiger partial charge in [0.1, 0.15) is 0 Å². The first-order valence-electron chi connectivity index (χ1n) is 9.02. The topological polar surface area (TPSA) is 68.5 Å². The van der Waals surface area contributed by atoms with E-state index in [0.29, 0.717) is 50.9 Å². The van der Waals surface area contributed by atoms with E-state index < -0.39 is 0 Å². The molecule has 1 fully saturated rings. The summed E-state index contributed by atoms with van der Waals surface area (Å²) >= 11 is 0. The van der Waals surface area contributed by atoms with Gasteiger partial charge >= 0.3 is 0 Å². The molecule has 0 aliphatic carbocycles. The first kappa shape index (κ1) is 17.6. The number of rotatable bonds is 8. The smallest absolute Gasteiger partial charge is 0.223 e. The van der Waals surface area contributed by atoms with Gasteiger partial charge in [0.25, 0.3) is 0 Å². The molecule has 0 radical (unpaired) electrons. The van der Waals surface area contributed by atoms with Crippen LogP contribution >= 0.6 is 0 Å². The minimum Gasteiger partial charge on any atom is -0.425 e. The molecule has 0 atom stereocenters. The van der Waals surface area contributed by atoms with Gasteiger partial charge in [-0.05, 0) is 24.8 Å². The van der Waals surface area contributed by atoms with E-state index in [1.165, 1.54) is 5.56 Å². The van der Waals surface area contributed by atoms with Gasteiger partial charge < -0.3 is 14.1 Å². The molecule has 0 saturated carbocycles. The minimum atomic E-state index is 0.130. The van der Waals surface area contributed by atoms with E-state index in [4.69, 9.17) is 9.15 Å². The largest absolute Gasteiger partial charge is 0.425 e. The number of hydrogen-bond acceptors (Lipinski definition) is 5. The zero-order valence-corrected chi connectivity index (χ0v) is 14.5. The van der Waals surface area contributed by atoms with Crippen molar-refractivity contribution in [2.24, 2.45) is 0 Å². The molecule has 134 valence electrons. The first-order valence-corrected chi connectivity index (χ1v) is 9.02. The van der Waals surface area contributed by atoms with Crippen LogP contribution in [0.3, 0.4) is 0 Å². The van der Waals surface area contributed by atoms with Gasteiger partial charge in [-0.1, -0.05) is 30.3 Å². The molecule has 1 amide bonds. The minimum absolute atomic E-state index is 0.130. The Balaban J connectivity index is 1.35. The summed E-state index contributed by atoms with van der Waals surface area (Å²) in [6, 6.07) is 10.5. The number of amides is 1. The molecule has 1 aromatic carbocycles. The number of carbonyl (C=O) groups is 1. The van der Waals surface area contributed by atoms with Gasteiger partial charge in [-0.25, -0.2) is 0 Å². The molecule has 6 nitrogen and oxygen atoms in total. The van der Waals surface area contributed by atoms with Crippen molar-refractivity contribution in [2.45, 2.75) is 38.5 Å². The van der Waals surface area contributed by atoms with E-state index in [-0.39, 0.29) is 5.91 Å². The summed E-state index contributed by atoms with van der Waals surface area (Å²) in [5.74, 6) is 1.35. The van der Waals surface area contributed by atoms with Gasteiger partial charge in [0.15, 0.2) is 0 Å². The van der Waals surface area contributed by atoms with Crippen LogP contribution in [-0.2, 0) is 28.8 Å². The van der Waals surface area contributed by atoms with Crippen molar-refractivity contribution in [1.29, 1.82) is 0 Å². The van der Waals surface area contributed by atoms with E-state index in [9.17, 15) is 4.79 Å². The monoisotopic (exact) mass is 343 g/mol. The van der Waals surface area contributed by atoms with Crippen LogP contribution < -0.4 is 0 Å². The Kier molecular flexibility index (Phi) is 6.56. The van der Waals surface area contributed by atoms with Crippen LogP contribution in [0.1, 0.15) is 36.6 Å². The molecule has 0 unspecified atom stereocenters. The molecule has 1 saturated heterocycles. The molecule has 2 heterocycles. The van der Waals surface area contributed by atoms with Crippen LogP contribution in [0.5, 0.6) is 0 Å². The van der Waals surface area contributed by atoms with Gasteiger partial charge in [-0.15, -0.1) is 10.2 Å². The zero-order valence-electron chi connectivity index (χ0n) is 14.5. The average Bonchev–Trinajstić information content (AvgIpc) is 3.13. The number of carbonyl (C=O) groups excluding carboxylic acids is 1. The maximum absolute atomic E-state index is 12.1. The third-order valence-electron chi connectivity index (χ3n) is 4.37. The van der Waals surface area contributed by atoms with E-state index in [0.717, 1.165) is 25.7 Å². The second-order valence-electron chi connectivity index (χ2n) is 6.28. The van der Waals surface area contributed by atoms with Crippen LogP contribution in [0.2, 0.25) is 0 Å². The summed E-state index contributed by atoms with van der Waals surface area (Å²) in [5.41, 5.74) is 1.36. The van der Waals surface area contributed by atoms with E-state index in [1.807, 2.05) is 11.0 Å². The molecule has 25 heavy (non-hydrogen) atoms. The fraction of sp³-hybridized carbons (Fsp3) is 0.526. The summed E-state index contributed by atoms with van der Waals surface area (Å²) in [4.78, 5) is 13.9. The van der Waals surface area contributed by atoms with Crippen molar-refractivity contribution < 1.29 is 13.9 Å². The van der Waals surface area contributed by atoms with E-state index >= 15 is 0 Å². The van der Waals surface area contributed by atoms with Crippen molar-refractivity contribution in [1.82, 2.24) is 15.1 Å². The Hall–Kier alpha value is -2.21. The lowest BCUT2D eigenvalue weighted by Gasteiger charge is -2.26. The second-order valence-corrected chi connectivity index (χ2v) is 6.28. The third kappa shape index (κ3) is 5.67. The highest BCUT2D eigenvalue weighted by Gasteiger charge is 2.17. The number of aromatic nitrogens is 2. The number of nitrogens with zero attached hydrogens (tertiary/aromatic N) is 3. The number of benzene rings is 1. The fourth-order valence-corrected chi connectivity index (χ4v) is 2.93. The normalized spacial score (nSPS) is 14.6. The van der Waals surface area contributed by atoms with Gasteiger partial charge in [0.2, 0.25) is 17.7 Å². The molecule has 0 bridgehead atoms. The molecular formula is C19H25N3O3. The lowest BCUT2D eigenvalue weighted by molar-refractivity contribution is -0.135. The molecule has 3 rings (SSSR count). The van der Waals surface area contributed by atoms with Crippen LogP contribution in [0.15, 0.2) is 34.7 Å². The Bertz CT molecular complexity index is 651. The van der Waals surface area contributed by atoms with Crippen LogP contribution in [0, 0.1) is 0 Å². The van der Waals surface area contributed by atoms with Crippen molar-refractivity contribution in [2.75, 3.05) is 26.3 Å². The predicted molar refractivity (Wildman–Crippen MR) is 93.1 cm³/mol. The summed E-state index contributed by atoms with van der Waals surface area (Å²) in [6.45, 7) is 2.60. The number of ether oxygens (including phenoxy) is 1. The molecule has 2 aromatic rings. The van der Waals surface area contributed by atoms with Crippen molar-refractivity contribution in [3.05, 3.63) is 47.7 Å². The highest BCUT2D eigenvalue weighted by molar-refractivity contribution is 5.76. The Morgan fingerprint density at radius 1 is 0.960 bits per heavy atom. The first-order chi connectivity index (χ1) is 12.3. The number of aryl methyl sites for hydroxylation is 3. The van der Waals surface area contributed by atoms with Crippen LogP contribution in [0.25, 0.3) is 0 Å². The maximum atomic E-state index is 12.1. The summed E-state index contributed by atoms with van der Waals surface area (Å²) < 4.78 is 10.9. The van der Waals surface area contributed by atoms with Gasteiger partial charge in [0.05, 0.1) is 13.2 Å². The van der Waals surface area contributed by atoms with Crippen molar-refractivity contribution in [3.8, 4) is 0 Å². The summed E-state index contributed by atoms with van der Waals surface area (Å²) in [6.07, 6.45) is 4.89. The maximum Gasteiger partial charge on any atom is 0.223 e. The lowest BCUT2D eigenvalue weighted by atomic mass is 10.1. The Morgan fingerprint density at radius 2 is 1.64 bits per heavy atom. The van der Waals surface area contributed by atoms with E-state index in [1.54, 1.807) is 0 Å². The molecule has 1 aromatic heterocycles. The Labute approximate surface area is 148 Å². The second kappa shape index (κ2) is 9.32.